The maximum Gasteiger partial charge on any atom is 0.326 e. The third-order valence-corrected chi connectivity index (χ3v) is 8.11. The summed E-state index contributed by atoms with van der Waals surface area (Å²) in [7, 11) is 0. The maximum absolute atomic E-state index is 13.6. The lowest BCUT2D eigenvalue weighted by Gasteiger charge is -2.28. The van der Waals surface area contributed by atoms with Gasteiger partial charge >= 0.3 is 5.97 Å². The molecule has 0 aliphatic carbocycles. The third kappa shape index (κ3) is 17.0. The van der Waals surface area contributed by atoms with Gasteiger partial charge in [-0.15, -0.1) is 0 Å². The molecule has 1 aromatic rings. The number of aromatic amines is 1. The molecule has 0 aliphatic rings. The molecular formula is C32H53N11O10. The normalized spacial score (nSPS) is 15.0. The number of carbonyl (C=O) groups excluding carboxylic acids is 8. The van der Waals surface area contributed by atoms with E-state index in [1.54, 1.807) is 27.7 Å². The van der Waals surface area contributed by atoms with Crippen LogP contribution >= 0.6 is 0 Å². The molecule has 0 radical (unpaired) electrons. The van der Waals surface area contributed by atoms with Gasteiger partial charge in [-0.3, -0.25) is 38.4 Å². The van der Waals surface area contributed by atoms with E-state index in [0.29, 0.717) is 12.1 Å². The fraction of sp³-hybridized carbons (Fsp3) is 0.625. The van der Waals surface area contributed by atoms with Crippen molar-refractivity contribution in [3.05, 3.63) is 18.2 Å². The summed E-state index contributed by atoms with van der Waals surface area (Å²) in [6, 6.07) is -8.43. The Morgan fingerprint density at radius 2 is 1.25 bits per heavy atom. The van der Waals surface area contributed by atoms with Crippen LogP contribution in [0.15, 0.2) is 12.5 Å². The number of hydrogen-bond acceptors (Lipinski definition) is 11. The maximum atomic E-state index is 13.6. The Morgan fingerprint density at radius 3 is 1.75 bits per heavy atom. The standard InChI is InChI=1S/C32H53N11O10/c1-5-16(4)26(43-27(47)18(33)6-8-23(34)44)31(51)41-21(12-25(36)46)30(50)39-19(7-9-24(35)45)28(48)40-20(11-17-13-37-14-38-17)29(49)42-22(32(52)53)10-15(2)3/h13-16,18-22,26H,5-12,33H2,1-4H3,(H2,34,44)(H2,35,45)(H2,36,46)(H,37,38)(H,39,50)(H,40,48)(H,41,51)(H,42,49)(H,43,47)(H,52,53)/t16-,18-,19-,20-,21-,22-,26-/m0/s1. The number of aromatic nitrogens is 2. The van der Waals surface area contributed by atoms with Crippen molar-refractivity contribution in [3.8, 4) is 0 Å². The second kappa shape index (κ2) is 22.4. The molecule has 0 saturated heterocycles. The molecule has 1 heterocycles. The van der Waals surface area contributed by atoms with Crippen molar-refractivity contribution in [2.45, 2.75) is 115 Å². The van der Waals surface area contributed by atoms with Crippen molar-refractivity contribution in [1.82, 2.24) is 36.6 Å². The lowest BCUT2D eigenvalue weighted by atomic mass is 9.97. The summed E-state index contributed by atoms with van der Waals surface area (Å²) in [5.41, 5.74) is 21.9. The molecule has 0 bridgehead atoms. The van der Waals surface area contributed by atoms with Gasteiger partial charge in [-0.25, -0.2) is 9.78 Å². The van der Waals surface area contributed by atoms with Crippen LogP contribution in [0.2, 0.25) is 0 Å². The summed E-state index contributed by atoms with van der Waals surface area (Å²) >= 11 is 0. The predicted molar refractivity (Wildman–Crippen MR) is 187 cm³/mol. The van der Waals surface area contributed by atoms with Crippen LogP contribution in [-0.2, 0) is 49.6 Å². The molecular weight excluding hydrogens is 698 g/mol. The van der Waals surface area contributed by atoms with Crippen molar-refractivity contribution in [2.24, 2.45) is 34.8 Å². The number of primary amides is 3. The minimum atomic E-state index is -1.69. The lowest BCUT2D eigenvalue weighted by molar-refractivity contribution is -0.142. The van der Waals surface area contributed by atoms with Crippen LogP contribution in [0, 0.1) is 11.8 Å². The molecule has 0 fully saturated rings. The fourth-order valence-corrected chi connectivity index (χ4v) is 4.95. The molecule has 1 rings (SSSR count). The van der Waals surface area contributed by atoms with Gasteiger partial charge in [0.15, 0.2) is 0 Å². The van der Waals surface area contributed by atoms with E-state index in [1.807, 2.05) is 0 Å². The molecule has 0 aromatic carbocycles. The topological polar surface area (TPSA) is 367 Å². The highest BCUT2D eigenvalue weighted by molar-refractivity contribution is 5.98. The molecule has 7 atom stereocenters. The van der Waals surface area contributed by atoms with E-state index in [2.05, 4.69) is 36.6 Å². The number of rotatable bonds is 25. The van der Waals surface area contributed by atoms with Gasteiger partial charge in [-0.2, -0.15) is 0 Å². The molecule has 0 unspecified atom stereocenters. The van der Waals surface area contributed by atoms with E-state index in [4.69, 9.17) is 22.9 Å². The summed E-state index contributed by atoms with van der Waals surface area (Å²) < 4.78 is 0. The van der Waals surface area contributed by atoms with E-state index in [1.165, 1.54) is 12.5 Å². The first-order valence-electron chi connectivity index (χ1n) is 17.1. The van der Waals surface area contributed by atoms with E-state index >= 15 is 0 Å². The predicted octanol–water partition coefficient (Wildman–Crippen LogP) is -3.71. The Labute approximate surface area is 306 Å². The number of carbonyl (C=O) groups is 9. The Bertz CT molecular complexity index is 1450. The summed E-state index contributed by atoms with van der Waals surface area (Å²) in [5, 5.41) is 21.7. The average Bonchev–Trinajstić information content (AvgIpc) is 3.58. The SMILES string of the molecule is CC[C@H](C)[C@H](NC(=O)[C@@H](N)CCC(N)=O)C(=O)N[C@@H](CC(N)=O)C(=O)N[C@@H](CCC(N)=O)C(=O)N[C@@H](Cc1c[nH]cn1)C(=O)N[C@@H](CC(C)C)C(=O)O. The van der Waals surface area contributed by atoms with Crippen molar-refractivity contribution < 1.29 is 48.3 Å². The van der Waals surface area contributed by atoms with Crippen LogP contribution in [0.3, 0.4) is 0 Å². The molecule has 21 nitrogen and oxygen atoms in total. The van der Waals surface area contributed by atoms with E-state index in [-0.39, 0.29) is 38.0 Å². The second-order valence-electron chi connectivity index (χ2n) is 13.1. The van der Waals surface area contributed by atoms with Crippen LogP contribution in [0.4, 0.5) is 0 Å². The molecule has 53 heavy (non-hydrogen) atoms. The zero-order valence-electron chi connectivity index (χ0n) is 30.3. The lowest BCUT2D eigenvalue weighted by Crippen LogP contribution is -2.60. The zero-order valence-corrected chi connectivity index (χ0v) is 30.3. The summed E-state index contributed by atoms with van der Waals surface area (Å²) in [6.07, 6.45) is 1.17. The van der Waals surface area contributed by atoms with Gasteiger partial charge in [-0.1, -0.05) is 34.1 Å². The van der Waals surface area contributed by atoms with Gasteiger partial charge < -0.3 is 59.6 Å². The van der Waals surface area contributed by atoms with Crippen LogP contribution in [0.25, 0.3) is 0 Å². The number of nitrogens with two attached hydrogens (primary N) is 4. The Kier molecular flexibility index (Phi) is 19.2. The second-order valence-corrected chi connectivity index (χ2v) is 13.1. The van der Waals surface area contributed by atoms with Crippen LogP contribution in [0.5, 0.6) is 0 Å². The number of nitrogens with zero attached hydrogens (tertiary/aromatic N) is 1. The molecule has 296 valence electrons. The van der Waals surface area contributed by atoms with Crippen molar-refractivity contribution in [1.29, 1.82) is 0 Å². The molecule has 0 spiro atoms. The molecule has 0 aliphatic heterocycles. The number of hydrogen-bond donors (Lipinski definition) is 11. The zero-order chi connectivity index (χ0) is 40.4. The van der Waals surface area contributed by atoms with Gasteiger partial charge in [0.2, 0.25) is 47.3 Å². The Balaban J connectivity index is 3.33. The van der Waals surface area contributed by atoms with Gasteiger partial charge in [0.05, 0.1) is 24.5 Å². The van der Waals surface area contributed by atoms with Crippen LogP contribution in [-0.4, -0.2) is 105 Å². The summed E-state index contributed by atoms with van der Waals surface area (Å²) in [5.74, 6) is -9.12. The van der Waals surface area contributed by atoms with E-state index in [9.17, 15) is 48.3 Å². The number of amides is 8. The highest BCUT2D eigenvalue weighted by atomic mass is 16.4. The molecule has 21 heteroatoms. The quantitative estimate of drug-likeness (QED) is 0.0460. The first-order chi connectivity index (χ1) is 24.7. The molecule has 15 N–H and O–H groups in total. The fourth-order valence-electron chi connectivity index (χ4n) is 4.95. The third-order valence-electron chi connectivity index (χ3n) is 8.11. The summed E-state index contributed by atoms with van der Waals surface area (Å²) in [4.78, 5) is 120. The van der Waals surface area contributed by atoms with Gasteiger partial charge in [-0.05, 0) is 31.1 Å². The van der Waals surface area contributed by atoms with Crippen molar-refractivity contribution >= 4 is 53.2 Å². The molecule has 1 aromatic heterocycles. The Morgan fingerprint density at radius 1 is 0.717 bits per heavy atom. The van der Waals surface area contributed by atoms with Crippen LogP contribution < -0.4 is 49.5 Å². The first-order valence-corrected chi connectivity index (χ1v) is 17.1. The van der Waals surface area contributed by atoms with Crippen molar-refractivity contribution in [2.75, 3.05) is 0 Å². The number of nitrogens with one attached hydrogen (secondary N) is 6. The molecule has 8 amide bonds. The minimum Gasteiger partial charge on any atom is -0.480 e. The molecule has 0 saturated carbocycles. The smallest absolute Gasteiger partial charge is 0.326 e. The van der Waals surface area contributed by atoms with Gasteiger partial charge in [0.25, 0.3) is 0 Å². The number of H-pyrrole nitrogens is 1. The largest absolute Gasteiger partial charge is 0.480 e. The number of carboxylic acid groups (broad SMARTS) is 1. The highest BCUT2D eigenvalue weighted by Crippen LogP contribution is 2.11. The number of imidazole rings is 1. The number of carboxylic acids is 1. The Hall–Kier alpha value is -5.60. The van der Waals surface area contributed by atoms with E-state index in [0.717, 1.165) is 0 Å². The first kappa shape index (κ1) is 45.4. The van der Waals surface area contributed by atoms with Gasteiger partial charge in [0, 0.05) is 25.5 Å². The average molecular weight is 752 g/mol. The van der Waals surface area contributed by atoms with Gasteiger partial charge in [0.1, 0.15) is 30.2 Å². The highest BCUT2D eigenvalue weighted by Gasteiger charge is 2.35. The minimum absolute atomic E-state index is 0.0814. The van der Waals surface area contributed by atoms with E-state index < -0.39 is 108 Å². The monoisotopic (exact) mass is 751 g/mol. The van der Waals surface area contributed by atoms with Crippen molar-refractivity contribution in [3.63, 3.8) is 0 Å². The summed E-state index contributed by atoms with van der Waals surface area (Å²) in [6.45, 7) is 6.88. The number of aliphatic carboxylic acids is 1. The van der Waals surface area contributed by atoms with Crippen LogP contribution in [0.1, 0.15) is 78.3 Å².